The number of anilines is 1. The summed E-state index contributed by atoms with van der Waals surface area (Å²) in [5, 5.41) is 11.4. The molecule has 0 aliphatic heterocycles. The van der Waals surface area contributed by atoms with Crippen molar-refractivity contribution in [2.24, 2.45) is 0 Å². The second kappa shape index (κ2) is 5.62. The molecule has 96 valence electrons. The van der Waals surface area contributed by atoms with Crippen LogP contribution in [-0.2, 0) is 0 Å². The van der Waals surface area contributed by atoms with Crippen LogP contribution in [0.1, 0.15) is 20.7 Å². The molecule has 0 aliphatic rings. The van der Waals surface area contributed by atoms with E-state index in [-0.39, 0.29) is 11.5 Å². The van der Waals surface area contributed by atoms with E-state index in [4.69, 9.17) is 5.11 Å². The molecule has 0 radical (unpaired) electrons. The van der Waals surface area contributed by atoms with Gasteiger partial charge >= 0.3 is 5.97 Å². The second-order valence-corrected chi connectivity index (χ2v) is 4.65. The number of pyridine rings is 1. The molecule has 2 N–H and O–H groups in total. The minimum atomic E-state index is -1.09. The normalized spacial score (nSPS) is 9.95. The van der Waals surface area contributed by atoms with Crippen LogP contribution < -0.4 is 5.32 Å². The van der Waals surface area contributed by atoms with Crippen LogP contribution >= 0.6 is 15.9 Å². The summed E-state index contributed by atoms with van der Waals surface area (Å²) in [5.74, 6) is -1.42. The molecule has 0 unspecified atom stereocenters. The number of hydrogen-bond donors (Lipinski definition) is 2. The molecule has 0 saturated carbocycles. The Kier molecular flexibility index (Phi) is 3.91. The molecule has 0 spiro atoms. The Morgan fingerprint density at radius 1 is 1.16 bits per heavy atom. The number of carbonyl (C=O) groups excluding carboxylic acids is 1. The lowest BCUT2D eigenvalue weighted by molar-refractivity contribution is 0.0696. The van der Waals surface area contributed by atoms with Crippen molar-refractivity contribution in [1.29, 1.82) is 0 Å². The number of rotatable bonds is 3. The standard InChI is InChI=1S/C13H9BrN2O3/c14-10-3-1-2-8(4-10)12(17)16-11-5-9(13(18)19)6-15-7-11/h1-7H,(H,16,17)(H,18,19). The first-order valence-electron chi connectivity index (χ1n) is 5.31. The van der Waals surface area contributed by atoms with Crippen LogP contribution in [0, 0.1) is 0 Å². The molecule has 1 heterocycles. The molecule has 19 heavy (non-hydrogen) atoms. The van der Waals surface area contributed by atoms with Gasteiger partial charge in [-0.3, -0.25) is 9.78 Å². The van der Waals surface area contributed by atoms with Crippen molar-refractivity contribution in [3.8, 4) is 0 Å². The lowest BCUT2D eigenvalue weighted by Gasteiger charge is -2.05. The summed E-state index contributed by atoms with van der Waals surface area (Å²) in [5.41, 5.74) is 0.826. The van der Waals surface area contributed by atoms with Crippen LogP contribution in [0.15, 0.2) is 47.2 Å². The van der Waals surface area contributed by atoms with E-state index in [9.17, 15) is 9.59 Å². The minimum absolute atomic E-state index is 0.0204. The van der Waals surface area contributed by atoms with Gasteiger partial charge in [-0.1, -0.05) is 22.0 Å². The van der Waals surface area contributed by atoms with Crippen molar-refractivity contribution in [2.45, 2.75) is 0 Å². The smallest absolute Gasteiger partial charge is 0.337 e. The first kappa shape index (κ1) is 13.2. The number of nitrogens with zero attached hydrogens (tertiary/aromatic N) is 1. The Labute approximate surface area is 117 Å². The number of carboxylic acids is 1. The highest BCUT2D eigenvalue weighted by Gasteiger charge is 2.09. The van der Waals surface area contributed by atoms with E-state index in [1.165, 1.54) is 18.5 Å². The quantitative estimate of drug-likeness (QED) is 0.911. The summed E-state index contributed by atoms with van der Waals surface area (Å²) in [7, 11) is 0. The van der Waals surface area contributed by atoms with Gasteiger partial charge in [0.2, 0.25) is 0 Å². The van der Waals surface area contributed by atoms with Gasteiger partial charge in [-0.25, -0.2) is 4.79 Å². The number of aromatic nitrogens is 1. The maximum atomic E-state index is 11.9. The maximum Gasteiger partial charge on any atom is 0.337 e. The molecule has 1 aromatic heterocycles. The second-order valence-electron chi connectivity index (χ2n) is 3.73. The topological polar surface area (TPSA) is 79.3 Å². The fourth-order valence-corrected chi connectivity index (χ4v) is 1.86. The zero-order valence-corrected chi connectivity index (χ0v) is 11.2. The number of carboxylic acid groups (broad SMARTS) is 1. The van der Waals surface area contributed by atoms with Crippen LogP contribution in [0.25, 0.3) is 0 Å². The summed E-state index contributed by atoms with van der Waals surface area (Å²) >= 11 is 3.28. The molecule has 2 rings (SSSR count). The summed E-state index contributed by atoms with van der Waals surface area (Å²) in [6.07, 6.45) is 2.61. The molecular weight excluding hydrogens is 312 g/mol. The summed E-state index contributed by atoms with van der Waals surface area (Å²) in [4.78, 5) is 26.5. The molecule has 1 aromatic carbocycles. The molecule has 6 heteroatoms. The molecular formula is C13H9BrN2O3. The van der Waals surface area contributed by atoms with Crippen molar-refractivity contribution in [3.63, 3.8) is 0 Å². The van der Waals surface area contributed by atoms with Crippen molar-refractivity contribution in [1.82, 2.24) is 4.98 Å². The maximum absolute atomic E-state index is 11.9. The highest BCUT2D eigenvalue weighted by atomic mass is 79.9. The van der Waals surface area contributed by atoms with E-state index in [0.29, 0.717) is 11.3 Å². The van der Waals surface area contributed by atoms with Gasteiger partial charge in [0, 0.05) is 16.2 Å². The van der Waals surface area contributed by atoms with Crippen molar-refractivity contribution in [2.75, 3.05) is 5.32 Å². The number of aromatic carboxylic acids is 1. The summed E-state index contributed by atoms with van der Waals surface area (Å²) < 4.78 is 0.789. The zero-order chi connectivity index (χ0) is 13.8. The van der Waals surface area contributed by atoms with Gasteiger partial charge < -0.3 is 10.4 Å². The number of nitrogens with one attached hydrogen (secondary N) is 1. The van der Waals surface area contributed by atoms with E-state index in [1.54, 1.807) is 18.2 Å². The molecule has 0 atom stereocenters. The number of benzene rings is 1. The van der Waals surface area contributed by atoms with Crippen molar-refractivity contribution < 1.29 is 14.7 Å². The van der Waals surface area contributed by atoms with Gasteiger partial charge in [0.15, 0.2) is 0 Å². The number of hydrogen-bond acceptors (Lipinski definition) is 3. The Hall–Kier alpha value is -2.21. The third-order valence-electron chi connectivity index (χ3n) is 2.33. The SMILES string of the molecule is O=C(O)c1cncc(NC(=O)c2cccc(Br)c2)c1. The average Bonchev–Trinajstić information content (AvgIpc) is 2.39. The van der Waals surface area contributed by atoms with Crippen LogP contribution in [0.5, 0.6) is 0 Å². The van der Waals surface area contributed by atoms with Gasteiger partial charge in [0.1, 0.15) is 0 Å². The van der Waals surface area contributed by atoms with E-state index in [0.717, 1.165) is 4.47 Å². The fourth-order valence-electron chi connectivity index (χ4n) is 1.46. The third-order valence-corrected chi connectivity index (χ3v) is 2.82. The molecule has 0 fully saturated rings. The lowest BCUT2D eigenvalue weighted by atomic mass is 10.2. The number of carbonyl (C=O) groups is 2. The van der Waals surface area contributed by atoms with Crippen molar-refractivity contribution in [3.05, 3.63) is 58.3 Å². The molecule has 5 nitrogen and oxygen atoms in total. The average molecular weight is 321 g/mol. The van der Waals surface area contributed by atoms with Gasteiger partial charge in [-0.05, 0) is 24.3 Å². The first-order chi connectivity index (χ1) is 9.06. The lowest BCUT2D eigenvalue weighted by Crippen LogP contribution is -2.12. The van der Waals surface area contributed by atoms with Crippen LogP contribution in [0.3, 0.4) is 0 Å². The Morgan fingerprint density at radius 3 is 2.63 bits per heavy atom. The molecule has 2 aromatic rings. The predicted octanol–water partition coefficient (Wildman–Crippen LogP) is 2.79. The van der Waals surface area contributed by atoms with Crippen LogP contribution in [0.4, 0.5) is 5.69 Å². The van der Waals surface area contributed by atoms with E-state index in [2.05, 4.69) is 26.2 Å². The van der Waals surface area contributed by atoms with Crippen LogP contribution in [-0.4, -0.2) is 22.0 Å². The third kappa shape index (κ3) is 3.38. The molecule has 0 bridgehead atoms. The summed E-state index contributed by atoms with van der Waals surface area (Å²) in [6, 6.07) is 8.23. The Morgan fingerprint density at radius 2 is 1.95 bits per heavy atom. The Bertz CT molecular complexity index is 643. The predicted molar refractivity (Wildman–Crippen MR) is 73.3 cm³/mol. The van der Waals surface area contributed by atoms with E-state index < -0.39 is 5.97 Å². The van der Waals surface area contributed by atoms with Gasteiger partial charge in [0.25, 0.3) is 5.91 Å². The number of halogens is 1. The molecule has 0 aliphatic carbocycles. The van der Waals surface area contributed by atoms with Gasteiger partial charge in [0.05, 0.1) is 17.4 Å². The highest BCUT2D eigenvalue weighted by Crippen LogP contribution is 2.14. The highest BCUT2D eigenvalue weighted by molar-refractivity contribution is 9.10. The van der Waals surface area contributed by atoms with E-state index in [1.807, 2.05) is 6.07 Å². The minimum Gasteiger partial charge on any atom is -0.478 e. The largest absolute Gasteiger partial charge is 0.478 e. The van der Waals surface area contributed by atoms with Gasteiger partial charge in [-0.2, -0.15) is 0 Å². The zero-order valence-electron chi connectivity index (χ0n) is 9.63. The number of amides is 1. The first-order valence-corrected chi connectivity index (χ1v) is 6.11. The van der Waals surface area contributed by atoms with Gasteiger partial charge in [-0.15, -0.1) is 0 Å². The monoisotopic (exact) mass is 320 g/mol. The molecule has 0 saturated heterocycles. The van der Waals surface area contributed by atoms with Crippen LogP contribution in [0.2, 0.25) is 0 Å². The Balaban J connectivity index is 2.19. The van der Waals surface area contributed by atoms with E-state index >= 15 is 0 Å². The molecule has 1 amide bonds. The summed E-state index contributed by atoms with van der Waals surface area (Å²) in [6.45, 7) is 0. The van der Waals surface area contributed by atoms with Crippen molar-refractivity contribution >= 4 is 33.5 Å². The fraction of sp³-hybridized carbons (Fsp3) is 0.